The number of fused-ring (bicyclic) bond motifs is 1. The summed E-state index contributed by atoms with van der Waals surface area (Å²) in [5.41, 5.74) is 0.867. The van der Waals surface area contributed by atoms with E-state index >= 15 is 0 Å². The molecule has 1 heterocycles. The van der Waals surface area contributed by atoms with Gasteiger partial charge in [0.2, 0.25) is 6.10 Å². The summed E-state index contributed by atoms with van der Waals surface area (Å²) >= 11 is 5.45. The van der Waals surface area contributed by atoms with Gasteiger partial charge in [-0.15, -0.1) is 0 Å². The summed E-state index contributed by atoms with van der Waals surface area (Å²) < 4.78 is 10.5. The number of ether oxygens (including phenoxy) is 2. The molecule has 0 aromatic heterocycles. The van der Waals surface area contributed by atoms with Crippen molar-refractivity contribution in [3.63, 3.8) is 0 Å². The second-order valence-corrected chi connectivity index (χ2v) is 5.18. The van der Waals surface area contributed by atoms with Gasteiger partial charge in [0.05, 0.1) is 19.3 Å². The zero-order chi connectivity index (χ0) is 15.2. The molecule has 0 amide bonds. The zero-order valence-corrected chi connectivity index (χ0v) is 13.1. The van der Waals surface area contributed by atoms with Crippen LogP contribution in [0.5, 0.6) is 5.75 Å². The number of carbonyl (C=O) groups excluding carboxylic acids is 1. The molecule has 1 atom stereocenters. The molecule has 0 aliphatic carbocycles. The van der Waals surface area contributed by atoms with E-state index in [1.807, 2.05) is 29.2 Å². The van der Waals surface area contributed by atoms with Gasteiger partial charge in [0, 0.05) is 6.54 Å². The highest BCUT2D eigenvalue weighted by Crippen LogP contribution is 2.33. The number of unbranched alkanes of at least 4 members (excludes halogenated alkanes) is 1. The van der Waals surface area contributed by atoms with E-state index in [-0.39, 0.29) is 0 Å². The Kier molecular flexibility index (Phi) is 5.38. The van der Waals surface area contributed by atoms with Crippen molar-refractivity contribution < 1.29 is 14.3 Å². The highest BCUT2D eigenvalue weighted by Gasteiger charge is 2.32. The third kappa shape index (κ3) is 3.64. The van der Waals surface area contributed by atoms with Crippen molar-refractivity contribution >= 4 is 29.0 Å². The first-order valence-electron chi connectivity index (χ1n) is 7.06. The lowest BCUT2D eigenvalue weighted by atomic mass is 10.2. The van der Waals surface area contributed by atoms with Gasteiger partial charge in [0.1, 0.15) is 5.75 Å². The summed E-state index contributed by atoms with van der Waals surface area (Å²) in [4.78, 5) is 13.7. The lowest BCUT2D eigenvalue weighted by molar-refractivity contribution is -0.148. The van der Waals surface area contributed by atoms with E-state index in [9.17, 15) is 4.79 Å². The molecule has 0 radical (unpaired) electrons. The lowest BCUT2D eigenvalue weighted by Gasteiger charge is -2.35. The first-order chi connectivity index (χ1) is 10.2. The van der Waals surface area contributed by atoms with Crippen LogP contribution in [-0.4, -0.2) is 37.4 Å². The van der Waals surface area contributed by atoms with Crippen LogP contribution in [0.3, 0.4) is 0 Å². The Morgan fingerprint density at radius 1 is 1.52 bits per heavy atom. The highest BCUT2D eigenvalue weighted by atomic mass is 32.1. The number of para-hydroxylation sites is 2. The fourth-order valence-corrected chi connectivity index (χ4v) is 2.42. The molecular formula is C15H20N2O3S. The average molecular weight is 308 g/mol. The number of thiocarbonyl (C=S) groups is 1. The normalized spacial score (nSPS) is 16.7. The summed E-state index contributed by atoms with van der Waals surface area (Å²) in [5.74, 6) is 0.240. The maximum atomic E-state index is 11.8. The molecule has 0 bridgehead atoms. The van der Waals surface area contributed by atoms with E-state index in [0.717, 1.165) is 25.1 Å². The molecule has 0 saturated carbocycles. The molecule has 114 valence electrons. The van der Waals surface area contributed by atoms with E-state index in [4.69, 9.17) is 21.7 Å². The SMILES string of the molecule is CCCCNC(=S)N1C[C@H](C(=O)OC)Oc2ccccc21. The number of nitrogens with zero attached hydrogens (tertiary/aromatic N) is 1. The Morgan fingerprint density at radius 3 is 3.00 bits per heavy atom. The van der Waals surface area contributed by atoms with Crippen LogP contribution in [0.4, 0.5) is 5.69 Å². The Bertz CT molecular complexity index is 521. The predicted octanol–water partition coefficient (Wildman–Crippen LogP) is 2.10. The molecular weight excluding hydrogens is 288 g/mol. The summed E-state index contributed by atoms with van der Waals surface area (Å²) in [7, 11) is 1.36. The maximum Gasteiger partial charge on any atom is 0.348 e. The van der Waals surface area contributed by atoms with Gasteiger partial charge in [0.15, 0.2) is 5.11 Å². The van der Waals surface area contributed by atoms with Crippen molar-refractivity contribution in [2.24, 2.45) is 0 Å². The van der Waals surface area contributed by atoms with Gasteiger partial charge in [-0.3, -0.25) is 0 Å². The number of nitrogens with one attached hydrogen (secondary N) is 1. The third-order valence-corrected chi connectivity index (χ3v) is 3.65. The molecule has 0 saturated heterocycles. The van der Waals surface area contributed by atoms with Gasteiger partial charge in [-0.05, 0) is 30.8 Å². The average Bonchev–Trinajstić information content (AvgIpc) is 2.53. The van der Waals surface area contributed by atoms with Crippen LogP contribution in [0.25, 0.3) is 0 Å². The van der Waals surface area contributed by atoms with Crippen LogP contribution in [0.2, 0.25) is 0 Å². The number of anilines is 1. The predicted molar refractivity (Wildman–Crippen MR) is 85.7 cm³/mol. The molecule has 1 N–H and O–H groups in total. The summed E-state index contributed by atoms with van der Waals surface area (Å²) in [6, 6.07) is 7.54. The van der Waals surface area contributed by atoms with Crippen molar-refractivity contribution in [2.75, 3.05) is 25.1 Å². The third-order valence-electron chi connectivity index (χ3n) is 3.29. The quantitative estimate of drug-likeness (QED) is 0.522. The molecule has 0 spiro atoms. The van der Waals surface area contributed by atoms with E-state index in [1.54, 1.807) is 0 Å². The molecule has 5 nitrogen and oxygen atoms in total. The van der Waals surface area contributed by atoms with Crippen LogP contribution in [0.15, 0.2) is 24.3 Å². The van der Waals surface area contributed by atoms with E-state index in [1.165, 1.54) is 7.11 Å². The Labute approximate surface area is 130 Å². The number of benzene rings is 1. The van der Waals surface area contributed by atoms with Crippen LogP contribution < -0.4 is 15.0 Å². The summed E-state index contributed by atoms with van der Waals surface area (Å²) in [5, 5.41) is 3.83. The monoisotopic (exact) mass is 308 g/mol. The smallest absolute Gasteiger partial charge is 0.348 e. The fourth-order valence-electron chi connectivity index (χ4n) is 2.15. The van der Waals surface area contributed by atoms with Gasteiger partial charge in [-0.1, -0.05) is 25.5 Å². The Balaban J connectivity index is 2.18. The van der Waals surface area contributed by atoms with Crippen LogP contribution in [0.1, 0.15) is 19.8 Å². The molecule has 0 unspecified atom stereocenters. The summed E-state index contributed by atoms with van der Waals surface area (Å²) in [6.07, 6.45) is 1.47. The van der Waals surface area contributed by atoms with Crippen molar-refractivity contribution in [3.05, 3.63) is 24.3 Å². The molecule has 2 rings (SSSR count). The topological polar surface area (TPSA) is 50.8 Å². The van der Waals surface area contributed by atoms with Gasteiger partial charge < -0.3 is 19.7 Å². The fraction of sp³-hybridized carbons (Fsp3) is 0.467. The van der Waals surface area contributed by atoms with Crippen molar-refractivity contribution in [1.82, 2.24) is 5.32 Å². The zero-order valence-electron chi connectivity index (χ0n) is 12.3. The van der Waals surface area contributed by atoms with Crippen LogP contribution in [-0.2, 0) is 9.53 Å². The number of hydrogen-bond acceptors (Lipinski definition) is 4. The largest absolute Gasteiger partial charge is 0.475 e. The molecule has 6 heteroatoms. The molecule has 1 aromatic rings. The lowest BCUT2D eigenvalue weighted by Crippen LogP contribution is -2.50. The Hall–Kier alpha value is -1.82. The van der Waals surface area contributed by atoms with Crippen LogP contribution in [0, 0.1) is 0 Å². The van der Waals surface area contributed by atoms with E-state index in [2.05, 4.69) is 12.2 Å². The van der Waals surface area contributed by atoms with Crippen molar-refractivity contribution in [3.8, 4) is 5.75 Å². The minimum Gasteiger partial charge on any atom is -0.475 e. The minimum absolute atomic E-state index is 0.349. The van der Waals surface area contributed by atoms with E-state index < -0.39 is 12.1 Å². The number of rotatable bonds is 4. The number of carbonyl (C=O) groups is 1. The van der Waals surface area contributed by atoms with Crippen LogP contribution >= 0.6 is 12.2 Å². The number of methoxy groups -OCH3 is 1. The Morgan fingerprint density at radius 2 is 2.29 bits per heavy atom. The standard InChI is InChI=1S/C15H20N2O3S/c1-3-4-9-16-15(21)17-10-13(14(18)19-2)20-12-8-6-5-7-11(12)17/h5-8,13H,3-4,9-10H2,1-2H3,(H,16,21)/t13-/m1/s1. The molecule has 1 aliphatic heterocycles. The van der Waals surface area contributed by atoms with Gasteiger partial charge >= 0.3 is 5.97 Å². The second kappa shape index (κ2) is 7.26. The number of hydrogen-bond donors (Lipinski definition) is 1. The first kappa shape index (κ1) is 15.6. The molecule has 0 fully saturated rings. The van der Waals surface area contributed by atoms with Gasteiger partial charge in [-0.25, -0.2) is 4.79 Å². The van der Waals surface area contributed by atoms with Gasteiger partial charge in [-0.2, -0.15) is 0 Å². The number of esters is 1. The maximum absolute atomic E-state index is 11.8. The highest BCUT2D eigenvalue weighted by molar-refractivity contribution is 7.80. The van der Waals surface area contributed by atoms with E-state index in [0.29, 0.717) is 17.4 Å². The second-order valence-electron chi connectivity index (χ2n) is 4.79. The van der Waals surface area contributed by atoms with Crippen molar-refractivity contribution in [2.45, 2.75) is 25.9 Å². The molecule has 1 aromatic carbocycles. The van der Waals surface area contributed by atoms with Crippen molar-refractivity contribution in [1.29, 1.82) is 0 Å². The summed E-state index contributed by atoms with van der Waals surface area (Å²) in [6.45, 7) is 3.29. The first-order valence-corrected chi connectivity index (χ1v) is 7.47. The molecule has 1 aliphatic rings. The molecule has 21 heavy (non-hydrogen) atoms. The van der Waals surface area contributed by atoms with Gasteiger partial charge in [0.25, 0.3) is 0 Å². The minimum atomic E-state index is -0.671.